The lowest BCUT2D eigenvalue weighted by Gasteiger charge is -1.89. The Morgan fingerprint density at radius 2 is 1.58 bits per heavy atom. The molecule has 0 aliphatic heterocycles. The van der Waals surface area contributed by atoms with Crippen LogP contribution in [0.15, 0.2) is 30.3 Å². The molecule has 0 spiro atoms. The van der Waals surface area contributed by atoms with E-state index in [0.29, 0.717) is 0 Å². The van der Waals surface area contributed by atoms with Crippen molar-refractivity contribution in [3.8, 4) is 0 Å². The molecule has 0 bridgehead atoms. The zero-order valence-corrected chi connectivity index (χ0v) is 6.34. The van der Waals surface area contributed by atoms with Gasteiger partial charge >= 0.3 is 6.16 Å². The molecular formula is C8H10O4. The van der Waals surface area contributed by atoms with Crippen molar-refractivity contribution in [1.82, 2.24) is 0 Å². The van der Waals surface area contributed by atoms with Gasteiger partial charge in [-0.1, -0.05) is 30.3 Å². The predicted octanol–water partition coefficient (Wildman–Crippen LogP) is 1.40. The summed E-state index contributed by atoms with van der Waals surface area (Å²) in [6, 6.07) is 9.52. The zero-order valence-electron chi connectivity index (χ0n) is 6.34. The van der Waals surface area contributed by atoms with Gasteiger partial charge in [-0.15, -0.1) is 0 Å². The van der Waals surface area contributed by atoms with Crippen LogP contribution in [0.5, 0.6) is 0 Å². The van der Waals surface area contributed by atoms with Gasteiger partial charge in [0.05, 0.1) is 6.61 Å². The average Bonchev–Trinajstić information content (AvgIpc) is 2.05. The fourth-order valence-electron chi connectivity index (χ4n) is 0.583. The number of aliphatic hydroxyl groups is 1. The van der Waals surface area contributed by atoms with E-state index in [1.165, 1.54) is 0 Å². The Hall–Kier alpha value is -1.55. The quantitative estimate of drug-likeness (QED) is 0.595. The Morgan fingerprint density at radius 3 is 1.83 bits per heavy atom. The molecular weight excluding hydrogens is 160 g/mol. The van der Waals surface area contributed by atoms with Crippen LogP contribution < -0.4 is 0 Å². The summed E-state index contributed by atoms with van der Waals surface area (Å²) in [7, 11) is 0. The van der Waals surface area contributed by atoms with E-state index in [4.69, 9.17) is 20.1 Å². The van der Waals surface area contributed by atoms with Gasteiger partial charge in [0.25, 0.3) is 0 Å². The third-order valence-corrected chi connectivity index (χ3v) is 1.03. The molecule has 0 saturated carbocycles. The third kappa shape index (κ3) is 6.57. The fourth-order valence-corrected chi connectivity index (χ4v) is 0.583. The van der Waals surface area contributed by atoms with Crippen molar-refractivity contribution >= 4 is 6.16 Å². The van der Waals surface area contributed by atoms with Crippen molar-refractivity contribution in [2.75, 3.05) is 0 Å². The lowest BCUT2D eigenvalue weighted by atomic mass is 10.2. The monoisotopic (exact) mass is 170 g/mol. The topological polar surface area (TPSA) is 77.8 Å². The Morgan fingerprint density at radius 1 is 1.17 bits per heavy atom. The van der Waals surface area contributed by atoms with Crippen LogP contribution >= 0.6 is 0 Å². The van der Waals surface area contributed by atoms with E-state index in [0.717, 1.165) is 5.56 Å². The van der Waals surface area contributed by atoms with Crippen LogP contribution in [0.1, 0.15) is 5.56 Å². The maximum Gasteiger partial charge on any atom is 0.503 e. The zero-order chi connectivity index (χ0) is 9.40. The second-order valence-electron chi connectivity index (χ2n) is 1.93. The Balaban J connectivity index is 0.000000261. The number of hydrogen-bond acceptors (Lipinski definition) is 2. The third-order valence-electron chi connectivity index (χ3n) is 1.03. The molecule has 0 fully saturated rings. The van der Waals surface area contributed by atoms with E-state index < -0.39 is 6.16 Å². The minimum atomic E-state index is -1.83. The summed E-state index contributed by atoms with van der Waals surface area (Å²) in [5.41, 5.74) is 0.965. The van der Waals surface area contributed by atoms with Gasteiger partial charge in [-0.05, 0) is 5.56 Å². The molecule has 0 saturated heterocycles. The molecule has 66 valence electrons. The van der Waals surface area contributed by atoms with E-state index in [2.05, 4.69) is 0 Å². The lowest BCUT2D eigenvalue weighted by molar-refractivity contribution is 0.137. The number of aliphatic hydroxyl groups excluding tert-OH is 1. The van der Waals surface area contributed by atoms with Gasteiger partial charge in [-0.3, -0.25) is 0 Å². The first kappa shape index (κ1) is 10.4. The SMILES string of the molecule is O=C(O)O.OCc1ccccc1. The average molecular weight is 170 g/mol. The molecule has 0 aliphatic rings. The standard InChI is InChI=1S/C7H8O.CH2O3/c8-6-7-4-2-1-3-5-7;2-1(3)4/h1-5,8H,6H2;(H2,2,3,4). The molecule has 0 heterocycles. The van der Waals surface area contributed by atoms with Gasteiger partial charge < -0.3 is 15.3 Å². The van der Waals surface area contributed by atoms with Crippen LogP contribution in [0, 0.1) is 0 Å². The van der Waals surface area contributed by atoms with Gasteiger partial charge in [-0.2, -0.15) is 0 Å². The summed E-state index contributed by atoms with van der Waals surface area (Å²) < 4.78 is 0. The molecule has 0 aliphatic carbocycles. The van der Waals surface area contributed by atoms with Crippen molar-refractivity contribution in [3.63, 3.8) is 0 Å². The molecule has 1 rings (SSSR count). The molecule has 0 aromatic heterocycles. The van der Waals surface area contributed by atoms with Crippen molar-refractivity contribution in [3.05, 3.63) is 35.9 Å². The molecule has 3 N–H and O–H groups in total. The first-order valence-corrected chi connectivity index (χ1v) is 3.23. The highest BCUT2D eigenvalue weighted by Crippen LogP contribution is 1.95. The summed E-state index contributed by atoms with van der Waals surface area (Å²) in [5, 5.41) is 22.5. The van der Waals surface area contributed by atoms with E-state index in [1.54, 1.807) is 0 Å². The van der Waals surface area contributed by atoms with Gasteiger partial charge in [0.15, 0.2) is 0 Å². The molecule has 12 heavy (non-hydrogen) atoms. The van der Waals surface area contributed by atoms with E-state index >= 15 is 0 Å². The van der Waals surface area contributed by atoms with E-state index in [-0.39, 0.29) is 6.61 Å². The molecule has 0 radical (unpaired) electrons. The molecule has 1 aromatic rings. The molecule has 1 aromatic carbocycles. The number of benzene rings is 1. The summed E-state index contributed by atoms with van der Waals surface area (Å²) in [6.07, 6.45) is -1.83. The van der Waals surface area contributed by atoms with E-state index in [1.807, 2.05) is 30.3 Å². The molecule has 0 amide bonds. The number of carbonyl (C=O) groups is 1. The molecule has 4 nitrogen and oxygen atoms in total. The number of rotatable bonds is 1. The number of carboxylic acid groups (broad SMARTS) is 2. The van der Waals surface area contributed by atoms with Crippen LogP contribution in [0.4, 0.5) is 4.79 Å². The van der Waals surface area contributed by atoms with Gasteiger partial charge in [0.2, 0.25) is 0 Å². The second-order valence-corrected chi connectivity index (χ2v) is 1.93. The highest BCUT2D eigenvalue weighted by atomic mass is 16.6. The molecule has 4 heteroatoms. The summed E-state index contributed by atoms with van der Waals surface area (Å²) in [6.45, 7) is 0.140. The fraction of sp³-hybridized carbons (Fsp3) is 0.125. The van der Waals surface area contributed by atoms with Crippen molar-refractivity contribution in [1.29, 1.82) is 0 Å². The smallest absolute Gasteiger partial charge is 0.450 e. The van der Waals surface area contributed by atoms with Gasteiger partial charge in [-0.25, -0.2) is 4.79 Å². The Kier molecular flexibility index (Phi) is 5.38. The normalized spacial score (nSPS) is 8.08. The second kappa shape index (κ2) is 6.18. The van der Waals surface area contributed by atoms with Gasteiger partial charge in [0.1, 0.15) is 0 Å². The summed E-state index contributed by atoms with van der Waals surface area (Å²) >= 11 is 0. The first-order valence-electron chi connectivity index (χ1n) is 3.23. The molecule has 0 unspecified atom stereocenters. The summed E-state index contributed by atoms with van der Waals surface area (Å²) in [5.74, 6) is 0. The lowest BCUT2D eigenvalue weighted by Crippen LogP contribution is -1.81. The van der Waals surface area contributed by atoms with Crippen molar-refractivity contribution in [2.24, 2.45) is 0 Å². The Bertz CT molecular complexity index is 216. The molecule has 0 atom stereocenters. The van der Waals surface area contributed by atoms with Crippen LogP contribution in [0.2, 0.25) is 0 Å². The first-order chi connectivity index (χ1) is 5.66. The Labute approximate surface area is 69.7 Å². The van der Waals surface area contributed by atoms with Gasteiger partial charge in [0, 0.05) is 0 Å². The van der Waals surface area contributed by atoms with E-state index in [9.17, 15) is 0 Å². The highest BCUT2D eigenvalue weighted by molar-refractivity contribution is 5.53. The van der Waals surface area contributed by atoms with Crippen LogP contribution in [-0.4, -0.2) is 21.5 Å². The maximum atomic E-state index is 8.56. The minimum Gasteiger partial charge on any atom is -0.450 e. The number of hydrogen-bond donors (Lipinski definition) is 3. The van der Waals surface area contributed by atoms with Crippen molar-refractivity contribution in [2.45, 2.75) is 6.61 Å². The van der Waals surface area contributed by atoms with Crippen LogP contribution in [0.3, 0.4) is 0 Å². The summed E-state index contributed by atoms with van der Waals surface area (Å²) in [4.78, 5) is 8.56. The largest absolute Gasteiger partial charge is 0.503 e. The maximum absolute atomic E-state index is 8.56. The van der Waals surface area contributed by atoms with Crippen molar-refractivity contribution < 1.29 is 20.1 Å². The van der Waals surface area contributed by atoms with Crippen LogP contribution in [0.25, 0.3) is 0 Å². The highest BCUT2D eigenvalue weighted by Gasteiger charge is 1.81. The predicted molar refractivity (Wildman–Crippen MR) is 43.0 cm³/mol. The minimum absolute atomic E-state index is 0.140. The van der Waals surface area contributed by atoms with Crippen LogP contribution in [-0.2, 0) is 6.61 Å².